The standard InChI is InChI=1S/C13H26N2O/c1-2-16-12-3-9-15(10-4-12)11-13(5-6-13)7-8-14/h12H,2-11,14H2,1H3. The number of piperidine rings is 1. The van der Waals surface area contributed by atoms with Gasteiger partial charge in [0.15, 0.2) is 0 Å². The van der Waals surface area contributed by atoms with E-state index in [1.165, 1.54) is 51.7 Å². The van der Waals surface area contributed by atoms with Crippen molar-refractivity contribution >= 4 is 0 Å². The van der Waals surface area contributed by atoms with Gasteiger partial charge in [-0.25, -0.2) is 0 Å². The molecule has 0 aromatic carbocycles. The SMILES string of the molecule is CCOC1CCN(CC2(CCN)CC2)CC1. The topological polar surface area (TPSA) is 38.5 Å². The van der Waals surface area contributed by atoms with E-state index >= 15 is 0 Å². The Labute approximate surface area is 99.3 Å². The van der Waals surface area contributed by atoms with Gasteiger partial charge in [0.2, 0.25) is 0 Å². The zero-order valence-corrected chi connectivity index (χ0v) is 10.6. The molecule has 0 aromatic heterocycles. The quantitative estimate of drug-likeness (QED) is 0.748. The van der Waals surface area contributed by atoms with E-state index in [4.69, 9.17) is 10.5 Å². The first-order valence-electron chi connectivity index (χ1n) is 6.82. The zero-order valence-electron chi connectivity index (χ0n) is 10.6. The van der Waals surface area contributed by atoms with Gasteiger partial charge in [0.25, 0.3) is 0 Å². The van der Waals surface area contributed by atoms with Crippen LogP contribution in [0.5, 0.6) is 0 Å². The van der Waals surface area contributed by atoms with Crippen molar-refractivity contribution in [2.75, 3.05) is 32.8 Å². The van der Waals surface area contributed by atoms with Crippen LogP contribution in [0, 0.1) is 5.41 Å². The van der Waals surface area contributed by atoms with Crippen molar-refractivity contribution in [1.82, 2.24) is 4.90 Å². The van der Waals surface area contributed by atoms with Crippen LogP contribution in [0.2, 0.25) is 0 Å². The fourth-order valence-corrected chi connectivity index (χ4v) is 2.91. The van der Waals surface area contributed by atoms with Crippen LogP contribution in [-0.4, -0.2) is 43.8 Å². The van der Waals surface area contributed by atoms with E-state index in [0.29, 0.717) is 11.5 Å². The molecule has 0 spiro atoms. The largest absolute Gasteiger partial charge is 0.378 e. The Bertz CT molecular complexity index is 208. The summed E-state index contributed by atoms with van der Waals surface area (Å²) in [5.41, 5.74) is 6.29. The monoisotopic (exact) mass is 226 g/mol. The molecule has 0 bridgehead atoms. The molecule has 2 rings (SSSR count). The fourth-order valence-electron chi connectivity index (χ4n) is 2.91. The van der Waals surface area contributed by atoms with Gasteiger partial charge < -0.3 is 15.4 Å². The summed E-state index contributed by atoms with van der Waals surface area (Å²) in [4.78, 5) is 2.62. The second-order valence-electron chi connectivity index (χ2n) is 5.47. The maximum absolute atomic E-state index is 5.68. The van der Waals surface area contributed by atoms with Crippen molar-refractivity contribution in [2.24, 2.45) is 11.1 Å². The molecule has 2 aliphatic rings. The van der Waals surface area contributed by atoms with Crippen LogP contribution in [0.25, 0.3) is 0 Å². The van der Waals surface area contributed by atoms with Gasteiger partial charge in [0, 0.05) is 26.2 Å². The lowest BCUT2D eigenvalue weighted by molar-refractivity contribution is 0.00971. The second kappa shape index (κ2) is 5.48. The Morgan fingerprint density at radius 3 is 2.50 bits per heavy atom. The summed E-state index contributed by atoms with van der Waals surface area (Å²) in [6.45, 7) is 7.53. The Kier molecular flexibility index (Phi) is 4.22. The van der Waals surface area contributed by atoms with Crippen molar-refractivity contribution in [3.63, 3.8) is 0 Å². The van der Waals surface area contributed by atoms with Crippen LogP contribution in [0.4, 0.5) is 0 Å². The number of likely N-dealkylation sites (tertiary alicyclic amines) is 1. The molecule has 0 amide bonds. The highest BCUT2D eigenvalue weighted by Gasteiger charge is 2.43. The first-order valence-corrected chi connectivity index (χ1v) is 6.82. The number of hydrogen-bond donors (Lipinski definition) is 1. The molecular weight excluding hydrogens is 200 g/mol. The first-order chi connectivity index (χ1) is 7.78. The summed E-state index contributed by atoms with van der Waals surface area (Å²) in [7, 11) is 0. The smallest absolute Gasteiger partial charge is 0.0599 e. The first kappa shape index (κ1) is 12.3. The molecule has 1 saturated carbocycles. The van der Waals surface area contributed by atoms with E-state index in [9.17, 15) is 0 Å². The van der Waals surface area contributed by atoms with Gasteiger partial charge in [-0.1, -0.05) is 0 Å². The Hall–Kier alpha value is -0.120. The Morgan fingerprint density at radius 1 is 1.31 bits per heavy atom. The van der Waals surface area contributed by atoms with Crippen LogP contribution in [0.15, 0.2) is 0 Å². The third-order valence-corrected chi connectivity index (χ3v) is 4.13. The predicted octanol–water partition coefficient (Wildman–Crippen LogP) is 1.62. The van der Waals surface area contributed by atoms with E-state index in [1.807, 2.05) is 0 Å². The highest BCUT2D eigenvalue weighted by molar-refractivity contribution is 4.96. The van der Waals surface area contributed by atoms with Crippen molar-refractivity contribution < 1.29 is 4.74 Å². The highest BCUT2D eigenvalue weighted by atomic mass is 16.5. The lowest BCUT2D eigenvalue weighted by Gasteiger charge is -2.34. The van der Waals surface area contributed by atoms with E-state index in [-0.39, 0.29) is 0 Å². The van der Waals surface area contributed by atoms with Gasteiger partial charge in [-0.15, -0.1) is 0 Å². The molecule has 2 N–H and O–H groups in total. The number of nitrogens with zero attached hydrogens (tertiary/aromatic N) is 1. The average Bonchev–Trinajstić information content (AvgIpc) is 3.02. The summed E-state index contributed by atoms with van der Waals surface area (Å²) in [5, 5.41) is 0. The van der Waals surface area contributed by atoms with E-state index in [2.05, 4.69) is 11.8 Å². The molecule has 0 radical (unpaired) electrons. The van der Waals surface area contributed by atoms with Gasteiger partial charge in [-0.2, -0.15) is 0 Å². The Balaban J connectivity index is 1.69. The minimum atomic E-state index is 0.519. The van der Waals surface area contributed by atoms with Gasteiger partial charge in [0.05, 0.1) is 6.10 Å². The summed E-state index contributed by atoms with van der Waals surface area (Å²) < 4.78 is 5.68. The van der Waals surface area contributed by atoms with E-state index < -0.39 is 0 Å². The predicted molar refractivity (Wildman–Crippen MR) is 66.4 cm³/mol. The number of hydrogen-bond acceptors (Lipinski definition) is 3. The second-order valence-corrected chi connectivity index (χ2v) is 5.47. The molecule has 0 atom stereocenters. The van der Waals surface area contributed by atoms with Gasteiger partial charge >= 0.3 is 0 Å². The fraction of sp³-hybridized carbons (Fsp3) is 1.00. The zero-order chi connectivity index (χ0) is 11.4. The molecule has 3 nitrogen and oxygen atoms in total. The van der Waals surface area contributed by atoms with Gasteiger partial charge in [-0.05, 0) is 51.0 Å². The molecule has 0 unspecified atom stereocenters. The highest BCUT2D eigenvalue weighted by Crippen LogP contribution is 2.49. The summed E-state index contributed by atoms with van der Waals surface area (Å²) in [6, 6.07) is 0. The normalized spacial score (nSPS) is 25.9. The molecule has 0 aromatic rings. The molecule has 1 aliphatic carbocycles. The third kappa shape index (κ3) is 3.19. The Morgan fingerprint density at radius 2 is 2.00 bits per heavy atom. The molecule has 16 heavy (non-hydrogen) atoms. The molecule has 1 aliphatic heterocycles. The molecular formula is C13H26N2O. The summed E-state index contributed by atoms with van der Waals surface area (Å²) >= 11 is 0. The number of nitrogens with two attached hydrogens (primary N) is 1. The minimum absolute atomic E-state index is 0.519. The lowest BCUT2D eigenvalue weighted by Crippen LogP contribution is -2.40. The van der Waals surface area contributed by atoms with Gasteiger partial charge in [0.1, 0.15) is 0 Å². The van der Waals surface area contributed by atoms with Crippen LogP contribution in [-0.2, 0) is 4.74 Å². The van der Waals surface area contributed by atoms with Crippen molar-refractivity contribution in [3.8, 4) is 0 Å². The van der Waals surface area contributed by atoms with Crippen molar-refractivity contribution in [2.45, 2.75) is 45.1 Å². The van der Waals surface area contributed by atoms with E-state index in [1.54, 1.807) is 0 Å². The van der Waals surface area contributed by atoms with Crippen LogP contribution in [0.3, 0.4) is 0 Å². The van der Waals surface area contributed by atoms with Crippen molar-refractivity contribution in [3.05, 3.63) is 0 Å². The summed E-state index contributed by atoms with van der Waals surface area (Å²) in [6.07, 6.45) is 6.97. The molecule has 1 heterocycles. The lowest BCUT2D eigenvalue weighted by atomic mass is 9.99. The summed E-state index contributed by atoms with van der Waals surface area (Å²) in [5.74, 6) is 0. The maximum Gasteiger partial charge on any atom is 0.0599 e. The van der Waals surface area contributed by atoms with E-state index in [0.717, 1.165) is 13.2 Å². The molecule has 2 fully saturated rings. The van der Waals surface area contributed by atoms with Crippen LogP contribution >= 0.6 is 0 Å². The van der Waals surface area contributed by atoms with Gasteiger partial charge in [-0.3, -0.25) is 0 Å². The van der Waals surface area contributed by atoms with Crippen LogP contribution < -0.4 is 5.73 Å². The molecule has 3 heteroatoms. The minimum Gasteiger partial charge on any atom is -0.378 e. The molecule has 94 valence electrons. The number of ether oxygens (including phenoxy) is 1. The van der Waals surface area contributed by atoms with Crippen molar-refractivity contribution in [1.29, 1.82) is 0 Å². The van der Waals surface area contributed by atoms with Crippen LogP contribution in [0.1, 0.15) is 39.0 Å². The average molecular weight is 226 g/mol. The molecule has 1 saturated heterocycles. The number of rotatable bonds is 6. The maximum atomic E-state index is 5.68. The third-order valence-electron chi connectivity index (χ3n) is 4.13.